The van der Waals surface area contributed by atoms with E-state index in [0.29, 0.717) is 0 Å². The topological polar surface area (TPSA) is 13.1 Å². The molecule has 0 aliphatic heterocycles. The summed E-state index contributed by atoms with van der Waals surface area (Å²) in [6, 6.07) is 67.4. The number of furan rings is 1. The Bertz CT molecular complexity index is 3680. The Balaban J connectivity index is 1.15. The van der Waals surface area contributed by atoms with Gasteiger partial charge in [-0.25, -0.2) is 0 Å². The van der Waals surface area contributed by atoms with Crippen molar-refractivity contribution < 1.29 is 4.42 Å². The second kappa shape index (κ2) is 10.7. The van der Waals surface area contributed by atoms with Crippen LogP contribution in [-0.4, -0.2) is 0 Å². The van der Waals surface area contributed by atoms with Crippen LogP contribution in [0.1, 0.15) is 0 Å². The molecule has 12 aromatic carbocycles. The highest BCUT2D eigenvalue weighted by atomic mass is 16.3. The molecule has 1 nitrogen and oxygen atoms in total. The molecule has 0 aliphatic rings. The summed E-state index contributed by atoms with van der Waals surface area (Å²) >= 11 is 0. The maximum Gasteiger partial charge on any atom is 0.143 e. The van der Waals surface area contributed by atoms with Gasteiger partial charge in [0.2, 0.25) is 0 Å². The maximum absolute atomic E-state index is 7.01. The summed E-state index contributed by atoms with van der Waals surface area (Å²) in [5.74, 6) is 0. The standard InChI is InChI=1S/C54H30O/c1-2-7-31(8-3-1)39-22-16-36-21-26-44-40(23-17-37-20-25-43(39)51(36)52(37)44)38-29-47(53-46-28-15-32-9-4-5-12-41(32)54(46)55-48(53)30-38)42-24-18-35-14-13-33-10-6-11-34-19-27-45(42)50(35)49(33)34/h1-30H. The van der Waals surface area contributed by atoms with Crippen LogP contribution in [0.15, 0.2) is 186 Å². The molecule has 0 spiro atoms. The smallest absolute Gasteiger partial charge is 0.143 e. The predicted molar refractivity (Wildman–Crippen MR) is 235 cm³/mol. The van der Waals surface area contributed by atoms with Gasteiger partial charge >= 0.3 is 0 Å². The van der Waals surface area contributed by atoms with Gasteiger partial charge in [-0.15, -0.1) is 0 Å². The quantitative estimate of drug-likeness (QED) is 0.168. The number of rotatable bonds is 3. The van der Waals surface area contributed by atoms with E-state index >= 15 is 0 Å². The summed E-state index contributed by atoms with van der Waals surface area (Å²) in [5.41, 5.74) is 9.11. The third kappa shape index (κ3) is 3.97. The monoisotopic (exact) mass is 694 g/mol. The third-order valence-corrected chi connectivity index (χ3v) is 12.3. The molecule has 0 unspecified atom stereocenters. The first kappa shape index (κ1) is 29.3. The molecule has 0 amide bonds. The van der Waals surface area contributed by atoms with Gasteiger partial charge in [0.05, 0.1) is 0 Å². The van der Waals surface area contributed by atoms with E-state index < -0.39 is 0 Å². The van der Waals surface area contributed by atoms with Crippen molar-refractivity contribution >= 4 is 97.3 Å². The second-order valence-electron chi connectivity index (χ2n) is 15.1. The Morgan fingerprint density at radius 1 is 0.255 bits per heavy atom. The second-order valence-corrected chi connectivity index (χ2v) is 15.1. The van der Waals surface area contributed by atoms with E-state index in [9.17, 15) is 0 Å². The molecule has 0 saturated heterocycles. The van der Waals surface area contributed by atoms with Crippen LogP contribution in [0, 0.1) is 0 Å². The summed E-state index contributed by atoms with van der Waals surface area (Å²) in [6.45, 7) is 0. The zero-order valence-corrected chi connectivity index (χ0v) is 29.7. The molecular formula is C54H30O. The maximum atomic E-state index is 7.01. The summed E-state index contributed by atoms with van der Waals surface area (Å²) in [6.07, 6.45) is 0. The molecule has 13 aromatic rings. The molecule has 0 aliphatic carbocycles. The molecule has 0 radical (unpaired) electrons. The van der Waals surface area contributed by atoms with Crippen molar-refractivity contribution in [1.82, 2.24) is 0 Å². The van der Waals surface area contributed by atoms with E-state index in [1.54, 1.807) is 0 Å². The fourth-order valence-corrected chi connectivity index (χ4v) is 9.89. The first-order valence-corrected chi connectivity index (χ1v) is 19.1. The lowest BCUT2D eigenvalue weighted by molar-refractivity contribution is 0.673. The lowest BCUT2D eigenvalue weighted by Gasteiger charge is -2.18. The summed E-state index contributed by atoms with van der Waals surface area (Å²) in [5, 5.41) is 20.0. The summed E-state index contributed by atoms with van der Waals surface area (Å²) < 4.78 is 7.01. The predicted octanol–water partition coefficient (Wildman–Crippen LogP) is 15.5. The van der Waals surface area contributed by atoms with Gasteiger partial charge in [-0.05, 0) is 122 Å². The molecule has 0 bridgehead atoms. The van der Waals surface area contributed by atoms with Crippen molar-refractivity contribution in [2.75, 3.05) is 0 Å². The number of benzene rings is 12. The van der Waals surface area contributed by atoms with Crippen LogP contribution >= 0.6 is 0 Å². The van der Waals surface area contributed by atoms with E-state index in [1.807, 2.05) is 0 Å². The fourth-order valence-electron chi connectivity index (χ4n) is 9.89. The molecule has 252 valence electrons. The Labute approximate surface area is 315 Å². The SMILES string of the molecule is c1ccc(-c2ccc3ccc4c(-c5cc(-c6ccc7ccc8cccc9ccc6c7c89)c6c(c5)oc5c7ccccc7ccc56)ccc5ccc2c3c54)cc1. The van der Waals surface area contributed by atoms with Crippen LogP contribution in [0.2, 0.25) is 0 Å². The Morgan fingerprint density at radius 2 is 0.745 bits per heavy atom. The summed E-state index contributed by atoms with van der Waals surface area (Å²) in [4.78, 5) is 0. The third-order valence-electron chi connectivity index (χ3n) is 12.3. The van der Waals surface area contributed by atoms with Crippen molar-refractivity contribution in [3.63, 3.8) is 0 Å². The average molecular weight is 695 g/mol. The van der Waals surface area contributed by atoms with Gasteiger partial charge in [-0.3, -0.25) is 0 Å². The molecule has 0 atom stereocenters. The molecule has 55 heavy (non-hydrogen) atoms. The Kier molecular flexibility index (Phi) is 5.69. The van der Waals surface area contributed by atoms with Gasteiger partial charge in [0, 0.05) is 16.2 Å². The molecule has 13 rings (SSSR count). The van der Waals surface area contributed by atoms with E-state index in [0.717, 1.165) is 32.9 Å². The number of hydrogen-bond acceptors (Lipinski definition) is 1. The van der Waals surface area contributed by atoms with Crippen LogP contribution in [-0.2, 0) is 0 Å². The highest BCUT2D eigenvalue weighted by Crippen LogP contribution is 2.48. The van der Waals surface area contributed by atoms with E-state index in [4.69, 9.17) is 4.42 Å². The van der Waals surface area contributed by atoms with Gasteiger partial charge in [0.25, 0.3) is 0 Å². The molecule has 0 saturated carbocycles. The van der Waals surface area contributed by atoms with Crippen molar-refractivity contribution in [3.8, 4) is 33.4 Å². The van der Waals surface area contributed by atoms with E-state index in [-0.39, 0.29) is 0 Å². The highest BCUT2D eigenvalue weighted by Gasteiger charge is 2.21. The van der Waals surface area contributed by atoms with Crippen LogP contribution in [0.4, 0.5) is 0 Å². The first-order chi connectivity index (χ1) is 27.3. The van der Waals surface area contributed by atoms with Crippen LogP contribution in [0.3, 0.4) is 0 Å². The van der Waals surface area contributed by atoms with Gasteiger partial charge in [0.1, 0.15) is 11.2 Å². The zero-order valence-electron chi connectivity index (χ0n) is 29.7. The van der Waals surface area contributed by atoms with Gasteiger partial charge < -0.3 is 4.42 Å². The molecule has 0 fully saturated rings. The zero-order chi connectivity index (χ0) is 35.8. The van der Waals surface area contributed by atoms with Crippen LogP contribution in [0.5, 0.6) is 0 Å². The normalized spacial score (nSPS) is 12.4. The molecule has 1 aromatic heterocycles. The van der Waals surface area contributed by atoms with Crippen molar-refractivity contribution in [3.05, 3.63) is 182 Å². The van der Waals surface area contributed by atoms with Gasteiger partial charge in [-0.1, -0.05) is 164 Å². The Hall–Kier alpha value is -7.22. The molecule has 0 N–H and O–H groups in total. The van der Waals surface area contributed by atoms with E-state index in [1.165, 1.54) is 97.8 Å². The van der Waals surface area contributed by atoms with E-state index in [2.05, 4.69) is 182 Å². The number of hydrogen-bond donors (Lipinski definition) is 0. The fraction of sp³-hybridized carbons (Fsp3) is 0. The summed E-state index contributed by atoms with van der Waals surface area (Å²) in [7, 11) is 0. The molecular weight excluding hydrogens is 665 g/mol. The lowest BCUT2D eigenvalue weighted by atomic mass is 9.85. The number of fused-ring (bicyclic) bond motifs is 5. The average Bonchev–Trinajstić information content (AvgIpc) is 3.64. The first-order valence-electron chi connectivity index (χ1n) is 19.1. The Morgan fingerprint density at radius 3 is 1.45 bits per heavy atom. The highest BCUT2D eigenvalue weighted by molar-refractivity contribution is 6.30. The van der Waals surface area contributed by atoms with Crippen molar-refractivity contribution in [2.24, 2.45) is 0 Å². The van der Waals surface area contributed by atoms with Crippen LogP contribution in [0.25, 0.3) is 131 Å². The minimum atomic E-state index is 0.904. The van der Waals surface area contributed by atoms with Gasteiger partial charge in [0.15, 0.2) is 0 Å². The van der Waals surface area contributed by atoms with Crippen molar-refractivity contribution in [2.45, 2.75) is 0 Å². The lowest BCUT2D eigenvalue weighted by Crippen LogP contribution is -1.91. The molecule has 1 heteroatoms. The largest absolute Gasteiger partial charge is 0.455 e. The molecule has 1 heterocycles. The van der Waals surface area contributed by atoms with Crippen LogP contribution < -0.4 is 0 Å². The minimum absolute atomic E-state index is 0.904. The minimum Gasteiger partial charge on any atom is -0.455 e. The van der Waals surface area contributed by atoms with Gasteiger partial charge in [-0.2, -0.15) is 0 Å². The van der Waals surface area contributed by atoms with Crippen molar-refractivity contribution in [1.29, 1.82) is 0 Å².